The average molecular weight is 330 g/mol. The lowest BCUT2D eigenvalue weighted by Crippen LogP contribution is -2.14. The fraction of sp³-hybridized carbons (Fsp3) is 0.0667. The summed E-state index contributed by atoms with van der Waals surface area (Å²) in [6.07, 6.45) is 3.49. The molecule has 0 aliphatic rings. The maximum Gasteiger partial charge on any atom is 0.258 e. The molecule has 4 nitrogen and oxygen atoms in total. The van der Waals surface area contributed by atoms with E-state index >= 15 is 0 Å². The molecule has 0 unspecified atom stereocenters. The maximum atomic E-state index is 12.4. The quantitative estimate of drug-likeness (QED) is 0.749. The molecule has 0 saturated heterocycles. The Labute approximate surface area is 124 Å². The van der Waals surface area contributed by atoms with Crippen LogP contribution in [-0.2, 0) is 0 Å². The van der Waals surface area contributed by atoms with Crippen molar-refractivity contribution < 1.29 is 4.79 Å². The maximum absolute atomic E-state index is 12.4. The van der Waals surface area contributed by atoms with Gasteiger partial charge in [-0.15, -0.1) is 0 Å². The average Bonchev–Trinajstić information content (AvgIpc) is 2.90. The molecule has 0 spiro atoms. The monoisotopic (exact) mass is 329 g/mol. The number of carbonyl (C=O) groups excluding carboxylic acids is 1. The standard InChI is InChI=1S/C15H12BrN3O/c1-9-7-11(16)8-18-14(9)19-15(20)12-4-2-3-10-5-6-17-13(10)12/h2-8,17H,1H3,(H,18,19,20). The highest BCUT2D eigenvalue weighted by molar-refractivity contribution is 9.10. The first-order valence-corrected chi connectivity index (χ1v) is 6.94. The van der Waals surface area contributed by atoms with Crippen LogP contribution in [0.1, 0.15) is 15.9 Å². The van der Waals surface area contributed by atoms with Gasteiger partial charge in [0, 0.05) is 22.3 Å². The third-order valence-electron chi connectivity index (χ3n) is 3.11. The zero-order valence-electron chi connectivity index (χ0n) is 10.8. The summed E-state index contributed by atoms with van der Waals surface area (Å²) in [5, 5.41) is 3.86. The van der Waals surface area contributed by atoms with Gasteiger partial charge in [0.2, 0.25) is 0 Å². The minimum absolute atomic E-state index is 0.170. The van der Waals surface area contributed by atoms with E-state index in [1.807, 2.05) is 37.4 Å². The number of hydrogen-bond acceptors (Lipinski definition) is 2. The largest absolute Gasteiger partial charge is 0.361 e. The number of hydrogen-bond donors (Lipinski definition) is 2. The number of halogens is 1. The molecule has 20 heavy (non-hydrogen) atoms. The highest BCUT2D eigenvalue weighted by Crippen LogP contribution is 2.20. The van der Waals surface area contributed by atoms with Crippen LogP contribution in [0.15, 0.2) is 47.2 Å². The predicted octanol–water partition coefficient (Wildman–Crippen LogP) is 3.89. The molecule has 5 heteroatoms. The molecule has 0 saturated carbocycles. The number of aryl methyl sites for hydroxylation is 1. The number of para-hydroxylation sites is 1. The van der Waals surface area contributed by atoms with Gasteiger partial charge in [-0.2, -0.15) is 0 Å². The van der Waals surface area contributed by atoms with Gasteiger partial charge in [-0.3, -0.25) is 4.79 Å². The number of nitrogens with zero attached hydrogens (tertiary/aromatic N) is 1. The molecule has 100 valence electrons. The molecule has 1 amide bonds. The fourth-order valence-corrected chi connectivity index (χ4v) is 2.57. The van der Waals surface area contributed by atoms with E-state index < -0.39 is 0 Å². The number of anilines is 1. The molecule has 0 atom stereocenters. The Morgan fingerprint density at radius 3 is 3.00 bits per heavy atom. The number of amides is 1. The van der Waals surface area contributed by atoms with Crippen LogP contribution in [0, 0.1) is 6.92 Å². The molecule has 3 rings (SSSR count). The third-order valence-corrected chi connectivity index (χ3v) is 3.54. The molecular weight excluding hydrogens is 318 g/mol. The Balaban J connectivity index is 1.95. The summed E-state index contributed by atoms with van der Waals surface area (Å²) in [6, 6.07) is 9.48. The van der Waals surface area contributed by atoms with E-state index in [1.54, 1.807) is 12.3 Å². The van der Waals surface area contributed by atoms with Crippen LogP contribution in [0.2, 0.25) is 0 Å². The Morgan fingerprint density at radius 2 is 2.20 bits per heavy atom. The normalized spacial score (nSPS) is 10.7. The van der Waals surface area contributed by atoms with Crippen LogP contribution < -0.4 is 5.32 Å². The number of rotatable bonds is 2. The number of nitrogens with one attached hydrogen (secondary N) is 2. The van der Waals surface area contributed by atoms with E-state index in [0.717, 1.165) is 20.9 Å². The van der Waals surface area contributed by atoms with E-state index in [-0.39, 0.29) is 5.91 Å². The first-order chi connectivity index (χ1) is 9.65. The van der Waals surface area contributed by atoms with Crippen molar-refractivity contribution in [3.63, 3.8) is 0 Å². The molecule has 0 radical (unpaired) electrons. The summed E-state index contributed by atoms with van der Waals surface area (Å²) in [5.41, 5.74) is 2.35. The molecule has 2 aromatic heterocycles. The lowest BCUT2D eigenvalue weighted by Gasteiger charge is -2.08. The number of fused-ring (bicyclic) bond motifs is 1. The van der Waals surface area contributed by atoms with E-state index in [2.05, 4.69) is 31.2 Å². The molecule has 3 aromatic rings. The topological polar surface area (TPSA) is 57.8 Å². The summed E-state index contributed by atoms with van der Waals surface area (Å²) >= 11 is 3.35. The molecule has 2 N–H and O–H groups in total. The SMILES string of the molecule is Cc1cc(Br)cnc1NC(=O)c1cccc2cc[nH]c12. The Hall–Kier alpha value is -2.14. The van der Waals surface area contributed by atoms with Gasteiger partial charge in [-0.1, -0.05) is 12.1 Å². The summed E-state index contributed by atoms with van der Waals surface area (Å²) in [4.78, 5) is 19.7. The summed E-state index contributed by atoms with van der Waals surface area (Å²) in [7, 11) is 0. The van der Waals surface area contributed by atoms with Crippen molar-refractivity contribution >= 4 is 38.6 Å². The van der Waals surface area contributed by atoms with Crippen molar-refractivity contribution in [3.05, 3.63) is 58.3 Å². The van der Waals surface area contributed by atoms with Crippen molar-refractivity contribution in [2.45, 2.75) is 6.92 Å². The van der Waals surface area contributed by atoms with Crippen LogP contribution in [0.25, 0.3) is 10.9 Å². The molecule has 0 bridgehead atoms. The number of pyridine rings is 1. The molecular formula is C15H12BrN3O. The number of H-pyrrole nitrogens is 1. The Kier molecular flexibility index (Phi) is 3.28. The van der Waals surface area contributed by atoms with Crippen LogP contribution in [-0.4, -0.2) is 15.9 Å². The van der Waals surface area contributed by atoms with Crippen molar-refractivity contribution in [2.24, 2.45) is 0 Å². The van der Waals surface area contributed by atoms with Crippen molar-refractivity contribution in [1.82, 2.24) is 9.97 Å². The van der Waals surface area contributed by atoms with Crippen molar-refractivity contribution in [3.8, 4) is 0 Å². The number of aromatic nitrogens is 2. The number of aromatic amines is 1. The molecule has 0 aliphatic carbocycles. The molecule has 2 heterocycles. The van der Waals surface area contributed by atoms with Gasteiger partial charge in [0.25, 0.3) is 5.91 Å². The Morgan fingerprint density at radius 1 is 1.35 bits per heavy atom. The smallest absolute Gasteiger partial charge is 0.258 e. The third kappa shape index (κ3) is 2.32. The summed E-state index contributed by atoms with van der Waals surface area (Å²) < 4.78 is 0.888. The van der Waals surface area contributed by atoms with E-state index in [0.29, 0.717) is 11.4 Å². The van der Waals surface area contributed by atoms with E-state index in [4.69, 9.17) is 0 Å². The van der Waals surface area contributed by atoms with E-state index in [9.17, 15) is 4.79 Å². The first kappa shape index (κ1) is 12.9. The van der Waals surface area contributed by atoms with Gasteiger partial charge < -0.3 is 10.3 Å². The minimum Gasteiger partial charge on any atom is -0.361 e. The summed E-state index contributed by atoms with van der Waals surface area (Å²) in [5.74, 6) is 0.401. The number of carbonyl (C=O) groups is 1. The first-order valence-electron chi connectivity index (χ1n) is 6.15. The zero-order valence-corrected chi connectivity index (χ0v) is 12.4. The van der Waals surface area contributed by atoms with Gasteiger partial charge in [-0.25, -0.2) is 4.98 Å². The minimum atomic E-state index is -0.170. The van der Waals surface area contributed by atoms with Crippen molar-refractivity contribution in [1.29, 1.82) is 0 Å². The van der Waals surface area contributed by atoms with E-state index in [1.165, 1.54) is 0 Å². The predicted molar refractivity (Wildman–Crippen MR) is 82.9 cm³/mol. The van der Waals surface area contributed by atoms with Crippen LogP contribution in [0.3, 0.4) is 0 Å². The molecule has 1 aromatic carbocycles. The fourth-order valence-electron chi connectivity index (χ4n) is 2.12. The van der Waals surface area contributed by atoms with Crippen LogP contribution in [0.4, 0.5) is 5.82 Å². The zero-order chi connectivity index (χ0) is 14.1. The van der Waals surface area contributed by atoms with Gasteiger partial charge in [-0.05, 0) is 46.6 Å². The number of benzene rings is 1. The van der Waals surface area contributed by atoms with Crippen LogP contribution >= 0.6 is 15.9 Å². The second kappa shape index (κ2) is 5.09. The second-order valence-electron chi connectivity index (χ2n) is 4.52. The van der Waals surface area contributed by atoms with Gasteiger partial charge in [0.05, 0.1) is 11.1 Å². The van der Waals surface area contributed by atoms with Crippen molar-refractivity contribution in [2.75, 3.05) is 5.32 Å². The summed E-state index contributed by atoms with van der Waals surface area (Å²) in [6.45, 7) is 1.91. The van der Waals surface area contributed by atoms with Crippen LogP contribution in [0.5, 0.6) is 0 Å². The highest BCUT2D eigenvalue weighted by atomic mass is 79.9. The Bertz CT molecular complexity index is 795. The van der Waals surface area contributed by atoms with Gasteiger partial charge in [0.15, 0.2) is 0 Å². The van der Waals surface area contributed by atoms with Gasteiger partial charge in [0.1, 0.15) is 5.82 Å². The highest BCUT2D eigenvalue weighted by Gasteiger charge is 2.12. The second-order valence-corrected chi connectivity index (χ2v) is 5.44. The lowest BCUT2D eigenvalue weighted by molar-refractivity contribution is 0.102. The molecule has 0 aliphatic heterocycles. The molecule has 0 fully saturated rings. The lowest BCUT2D eigenvalue weighted by atomic mass is 10.1. The van der Waals surface area contributed by atoms with Gasteiger partial charge >= 0.3 is 0 Å².